The van der Waals surface area contributed by atoms with Crippen molar-refractivity contribution in [2.24, 2.45) is 0 Å². The molecule has 0 aliphatic heterocycles. The van der Waals surface area contributed by atoms with Gasteiger partial charge in [-0.3, -0.25) is 0 Å². The summed E-state index contributed by atoms with van der Waals surface area (Å²) in [6.07, 6.45) is 5.59. The van der Waals surface area contributed by atoms with E-state index in [-0.39, 0.29) is 11.2 Å². The third kappa shape index (κ3) is 2.44. The average Bonchev–Trinajstić information content (AvgIpc) is 3.01. The Balaban J connectivity index is 2.11. The molecule has 1 aliphatic carbocycles. The van der Waals surface area contributed by atoms with Crippen LogP contribution in [0.4, 0.5) is 4.39 Å². The molecule has 0 amide bonds. The van der Waals surface area contributed by atoms with Crippen LogP contribution in [0.2, 0.25) is 0 Å². The van der Waals surface area contributed by atoms with Gasteiger partial charge in [0.25, 0.3) is 0 Å². The molecular weight excluding hydrogens is 295 g/mol. The number of rotatable bonds is 3. The highest BCUT2D eigenvalue weighted by Gasteiger charge is 2.29. The number of benzene rings is 1. The van der Waals surface area contributed by atoms with E-state index in [1.165, 1.54) is 12.5 Å². The molecule has 1 aromatic carbocycles. The number of aromatic nitrogens is 2. The Bertz CT molecular complexity index is 626. The summed E-state index contributed by atoms with van der Waals surface area (Å²) in [5.41, 5.74) is 1.71. The van der Waals surface area contributed by atoms with Crippen molar-refractivity contribution in [3.05, 3.63) is 29.8 Å². The van der Waals surface area contributed by atoms with Crippen molar-refractivity contribution in [1.29, 1.82) is 0 Å². The molecule has 2 nitrogen and oxygen atoms in total. The summed E-state index contributed by atoms with van der Waals surface area (Å²) in [7, 11) is 0. The van der Waals surface area contributed by atoms with E-state index in [2.05, 4.69) is 15.8 Å². The van der Waals surface area contributed by atoms with Crippen LogP contribution in [0.3, 0.4) is 0 Å². The quantitative estimate of drug-likeness (QED) is 0.748. The summed E-state index contributed by atoms with van der Waals surface area (Å²) in [5.74, 6) is 0.644. The maximum atomic E-state index is 13.6. The molecule has 0 N–H and O–H groups in total. The molecule has 3 atom stereocenters. The first-order valence-corrected chi connectivity index (χ1v) is 8.67. The predicted octanol–water partition coefficient (Wildman–Crippen LogP) is 4.93. The lowest BCUT2D eigenvalue weighted by molar-refractivity contribution is 0.510. The number of alkyl halides is 1. The van der Waals surface area contributed by atoms with Crippen LogP contribution in [0.25, 0.3) is 11.0 Å². The van der Waals surface area contributed by atoms with E-state index in [1.54, 1.807) is 12.1 Å². The van der Waals surface area contributed by atoms with Crippen molar-refractivity contribution >= 4 is 34.4 Å². The Labute approximate surface area is 127 Å². The molecule has 108 valence electrons. The van der Waals surface area contributed by atoms with E-state index in [0.717, 1.165) is 29.7 Å². The molecule has 0 radical (unpaired) electrons. The van der Waals surface area contributed by atoms with E-state index >= 15 is 0 Å². The molecule has 0 saturated heterocycles. The lowest BCUT2D eigenvalue weighted by Gasteiger charge is -2.18. The molecule has 5 heteroatoms. The smallest absolute Gasteiger partial charge is 0.127 e. The second kappa shape index (κ2) is 5.57. The molecule has 2 aromatic rings. The van der Waals surface area contributed by atoms with Crippen LogP contribution in [0.5, 0.6) is 0 Å². The molecular formula is C15H18ClFN2S. The van der Waals surface area contributed by atoms with Crippen molar-refractivity contribution in [3.8, 4) is 0 Å². The van der Waals surface area contributed by atoms with Crippen LogP contribution in [0, 0.1) is 5.82 Å². The highest BCUT2D eigenvalue weighted by Crippen LogP contribution is 2.40. The zero-order valence-corrected chi connectivity index (χ0v) is 13.2. The van der Waals surface area contributed by atoms with Crippen LogP contribution in [0.15, 0.2) is 18.2 Å². The Morgan fingerprint density at radius 2 is 2.25 bits per heavy atom. The van der Waals surface area contributed by atoms with Crippen molar-refractivity contribution < 1.29 is 4.39 Å². The van der Waals surface area contributed by atoms with E-state index < -0.39 is 0 Å². The summed E-state index contributed by atoms with van der Waals surface area (Å²) in [6, 6.07) is 5.17. The fraction of sp³-hybridized carbons (Fsp3) is 0.533. The fourth-order valence-electron chi connectivity index (χ4n) is 3.12. The first-order chi connectivity index (χ1) is 9.60. The van der Waals surface area contributed by atoms with Gasteiger partial charge in [0, 0.05) is 11.3 Å². The largest absolute Gasteiger partial charge is 0.323 e. The molecule has 3 unspecified atom stereocenters. The Hall–Kier alpha value is -0.740. The Morgan fingerprint density at radius 3 is 2.90 bits per heavy atom. The highest BCUT2D eigenvalue weighted by atomic mass is 35.5. The third-order valence-corrected chi connectivity index (χ3v) is 5.38. The molecule has 20 heavy (non-hydrogen) atoms. The zero-order chi connectivity index (χ0) is 14.3. The van der Waals surface area contributed by atoms with Gasteiger partial charge in [0.2, 0.25) is 0 Å². The molecule has 1 saturated carbocycles. The van der Waals surface area contributed by atoms with E-state index in [4.69, 9.17) is 11.6 Å². The van der Waals surface area contributed by atoms with Gasteiger partial charge in [0.15, 0.2) is 0 Å². The molecule has 1 aliphatic rings. The zero-order valence-electron chi connectivity index (χ0n) is 11.6. The average molecular weight is 313 g/mol. The molecule has 0 bridgehead atoms. The van der Waals surface area contributed by atoms with Crippen molar-refractivity contribution in [2.75, 3.05) is 6.26 Å². The molecule has 3 rings (SSSR count). The topological polar surface area (TPSA) is 17.8 Å². The van der Waals surface area contributed by atoms with Gasteiger partial charge < -0.3 is 4.57 Å². The minimum Gasteiger partial charge on any atom is -0.323 e. The van der Waals surface area contributed by atoms with Crippen LogP contribution in [-0.4, -0.2) is 21.1 Å². The van der Waals surface area contributed by atoms with Gasteiger partial charge in [0.1, 0.15) is 11.6 Å². The Kier molecular flexibility index (Phi) is 3.95. The first-order valence-electron chi connectivity index (χ1n) is 6.94. The maximum absolute atomic E-state index is 13.6. The predicted molar refractivity (Wildman–Crippen MR) is 84.2 cm³/mol. The number of imidazole rings is 1. The summed E-state index contributed by atoms with van der Waals surface area (Å²) in [4.78, 5) is 4.61. The van der Waals surface area contributed by atoms with Gasteiger partial charge in [0.05, 0.1) is 16.4 Å². The SMILES string of the molecule is CSC1CCC(n2c(C(C)Cl)nc3ccc(F)cc32)C1. The van der Waals surface area contributed by atoms with Crippen molar-refractivity contribution in [2.45, 2.75) is 42.9 Å². The van der Waals surface area contributed by atoms with Gasteiger partial charge in [-0.1, -0.05) is 0 Å². The molecule has 1 heterocycles. The van der Waals surface area contributed by atoms with Crippen LogP contribution < -0.4 is 0 Å². The summed E-state index contributed by atoms with van der Waals surface area (Å²) in [5, 5.41) is 0.517. The standard InChI is InChI=1S/C15H18ClFN2S/c1-9(16)15-18-13-6-3-10(17)7-14(13)19(15)11-4-5-12(8-11)20-2/h3,6-7,9,11-12H,4-5,8H2,1-2H3. The number of fused-ring (bicyclic) bond motifs is 1. The minimum absolute atomic E-state index is 0.168. The lowest BCUT2D eigenvalue weighted by Crippen LogP contribution is -2.11. The van der Waals surface area contributed by atoms with Crippen molar-refractivity contribution in [1.82, 2.24) is 9.55 Å². The number of halogens is 2. The van der Waals surface area contributed by atoms with Gasteiger partial charge in [-0.25, -0.2) is 9.37 Å². The second-order valence-electron chi connectivity index (χ2n) is 5.41. The maximum Gasteiger partial charge on any atom is 0.127 e. The number of hydrogen-bond donors (Lipinski definition) is 0. The van der Waals surface area contributed by atoms with E-state index in [1.807, 2.05) is 18.7 Å². The number of thioether (sulfide) groups is 1. The molecule has 1 aromatic heterocycles. The van der Waals surface area contributed by atoms with Gasteiger partial charge in [-0.15, -0.1) is 11.6 Å². The monoisotopic (exact) mass is 312 g/mol. The normalized spacial score (nSPS) is 24.4. The summed E-state index contributed by atoms with van der Waals surface area (Å²) < 4.78 is 15.8. The fourth-order valence-corrected chi connectivity index (χ4v) is 4.06. The van der Waals surface area contributed by atoms with Gasteiger partial charge >= 0.3 is 0 Å². The summed E-state index contributed by atoms with van der Waals surface area (Å²) >= 11 is 8.20. The first kappa shape index (κ1) is 14.2. The number of nitrogens with zero attached hydrogens (tertiary/aromatic N) is 2. The molecule has 0 spiro atoms. The lowest BCUT2D eigenvalue weighted by atomic mass is 10.2. The summed E-state index contributed by atoms with van der Waals surface area (Å²) in [6.45, 7) is 1.93. The van der Waals surface area contributed by atoms with Crippen LogP contribution >= 0.6 is 23.4 Å². The van der Waals surface area contributed by atoms with E-state index in [9.17, 15) is 4.39 Å². The van der Waals surface area contributed by atoms with Gasteiger partial charge in [-0.2, -0.15) is 11.8 Å². The van der Waals surface area contributed by atoms with Crippen LogP contribution in [0.1, 0.15) is 43.4 Å². The third-order valence-electron chi connectivity index (χ3n) is 4.09. The Morgan fingerprint density at radius 1 is 1.45 bits per heavy atom. The van der Waals surface area contributed by atoms with Crippen LogP contribution in [-0.2, 0) is 0 Å². The highest BCUT2D eigenvalue weighted by molar-refractivity contribution is 7.99. The molecule has 1 fully saturated rings. The second-order valence-corrected chi connectivity index (χ2v) is 7.21. The number of hydrogen-bond acceptors (Lipinski definition) is 2. The minimum atomic E-state index is -0.216. The van der Waals surface area contributed by atoms with E-state index in [0.29, 0.717) is 11.3 Å². The van der Waals surface area contributed by atoms with Crippen molar-refractivity contribution in [3.63, 3.8) is 0 Å². The van der Waals surface area contributed by atoms with Gasteiger partial charge in [-0.05, 0) is 50.6 Å².